The van der Waals surface area contributed by atoms with E-state index in [4.69, 9.17) is 15.2 Å². The third-order valence-electron chi connectivity index (χ3n) is 2.23. The Balaban J connectivity index is 2.95. The highest BCUT2D eigenvalue weighted by molar-refractivity contribution is 5.55. The second-order valence-corrected chi connectivity index (χ2v) is 3.82. The standard InChI is InChI=1S/C10H17N3O2/c1-5-10(2,3)15-9-7(11)8(14-4)12-6-13-9/h6H,5,11H2,1-4H3. The van der Waals surface area contributed by atoms with E-state index in [2.05, 4.69) is 9.97 Å². The average Bonchev–Trinajstić information content (AvgIpc) is 2.21. The summed E-state index contributed by atoms with van der Waals surface area (Å²) in [6.07, 6.45) is 2.23. The molecule has 1 aromatic heterocycles. The highest BCUT2D eigenvalue weighted by Gasteiger charge is 2.20. The number of aromatic nitrogens is 2. The molecule has 0 aromatic carbocycles. The predicted octanol–water partition coefficient (Wildman–Crippen LogP) is 1.63. The lowest BCUT2D eigenvalue weighted by Gasteiger charge is -2.24. The second kappa shape index (κ2) is 4.33. The van der Waals surface area contributed by atoms with Crippen molar-refractivity contribution < 1.29 is 9.47 Å². The normalized spacial score (nSPS) is 11.2. The molecule has 0 amide bonds. The van der Waals surface area contributed by atoms with Crippen LogP contribution in [0.4, 0.5) is 5.69 Å². The van der Waals surface area contributed by atoms with Gasteiger partial charge in [0.2, 0.25) is 11.8 Å². The number of hydrogen-bond donors (Lipinski definition) is 1. The van der Waals surface area contributed by atoms with Crippen molar-refractivity contribution in [3.63, 3.8) is 0 Å². The molecule has 5 nitrogen and oxygen atoms in total. The monoisotopic (exact) mass is 211 g/mol. The summed E-state index contributed by atoms with van der Waals surface area (Å²) in [6.45, 7) is 5.98. The quantitative estimate of drug-likeness (QED) is 0.819. The van der Waals surface area contributed by atoms with Crippen LogP contribution in [0.1, 0.15) is 27.2 Å². The van der Waals surface area contributed by atoms with Gasteiger partial charge in [-0.15, -0.1) is 0 Å². The van der Waals surface area contributed by atoms with Crippen LogP contribution in [0.2, 0.25) is 0 Å². The van der Waals surface area contributed by atoms with Gasteiger partial charge >= 0.3 is 0 Å². The van der Waals surface area contributed by atoms with Gasteiger partial charge in [0, 0.05) is 0 Å². The number of rotatable bonds is 4. The van der Waals surface area contributed by atoms with Crippen molar-refractivity contribution in [3.8, 4) is 11.8 Å². The molecule has 5 heteroatoms. The van der Waals surface area contributed by atoms with Crippen molar-refractivity contribution in [2.75, 3.05) is 12.8 Å². The average molecular weight is 211 g/mol. The molecule has 0 aliphatic rings. The fraction of sp³-hybridized carbons (Fsp3) is 0.600. The molecule has 0 atom stereocenters. The Morgan fingerprint density at radius 2 is 1.93 bits per heavy atom. The molecule has 0 spiro atoms. The molecule has 0 bridgehead atoms. The van der Waals surface area contributed by atoms with Gasteiger partial charge in [-0.2, -0.15) is 9.97 Å². The van der Waals surface area contributed by atoms with Gasteiger partial charge in [0.15, 0.2) is 5.69 Å². The zero-order valence-electron chi connectivity index (χ0n) is 9.57. The van der Waals surface area contributed by atoms with Crippen molar-refractivity contribution in [3.05, 3.63) is 6.33 Å². The highest BCUT2D eigenvalue weighted by Crippen LogP contribution is 2.29. The fourth-order valence-electron chi connectivity index (χ4n) is 0.942. The van der Waals surface area contributed by atoms with E-state index in [0.29, 0.717) is 17.4 Å². The fourth-order valence-corrected chi connectivity index (χ4v) is 0.942. The second-order valence-electron chi connectivity index (χ2n) is 3.82. The first-order chi connectivity index (χ1) is 7.00. The van der Waals surface area contributed by atoms with Crippen LogP contribution in [0.15, 0.2) is 6.33 Å². The maximum atomic E-state index is 5.78. The number of hydrogen-bond acceptors (Lipinski definition) is 5. The molecule has 0 aliphatic carbocycles. The molecule has 1 aromatic rings. The van der Waals surface area contributed by atoms with Crippen molar-refractivity contribution in [1.82, 2.24) is 9.97 Å². The zero-order chi connectivity index (χ0) is 11.5. The lowest BCUT2D eigenvalue weighted by molar-refractivity contribution is 0.0995. The summed E-state index contributed by atoms with van der Waals surface area (Å²) >= 11 is 0. The Hall–Kier alpha value is -1.52. The maximum absolute atomic E-state index is 5.78. The molecule has 0 radical (unpaired) electrons. The van der Waals surface area contributed by atoms with E-state index in [1.165, 1.54) is 13.4 Å². The van der Waals surface area contributed by atoms with Crippen LogP contribution in [-0.4, -0.2) is 22.7 Å². The van der Waals surface area contributed by atoms with Crippen LogP contribution in [-0.2, 0) is 0 Å². The Morgan fingerprint density at radius 1 is 1.33 bits per heavy atom. The summed E-state index contributed by atoms with van der Waals surface area (Å²) in [6, 6.07) is 0. The molecule has 1 rings (SSSR count). The minimum absolute atomic E-state index is 0.298. The van der Waals surface area contributed by atoms with Gasteiger partial charge < -0.3 is 15.2 Å². The Kier molecular flexibility index (Phi) is 3.34. The first-order valence-corrected chi connectivity index (χ1v) is 4.83. The first-order valence-electron chi connectivity index (χ1n) is 4.83. The number of nitrogens with two attached hydrogens (primary N) is 1. The molecule has 15 heavy (non-hydrogen) atoms. The van der Waals surface area contributed by atoms with E-state index in [1.807, 2.05) is 20.8 Å². The summed E-state index contributed by atoms with van der Waals surface area (Å²) in [5.41, 5.74) is 5.82. The topological polar surface area (TPSA) is 70.3 Å². The Labute approximate surface area is 89.6 Å². The van der Waals surface area contributed by atoms with Crippen LogP contribution >= 0.6 is 0 Å². The third-order valence-corrected chi connectivity index (χ3v) is 2.23. The molecule has 0 unspecified atom stereocenters. The molecule has 0 saturated carbocycles. The van der Waals surface area contributed by atoms with Gasteiger partial charge in [0.1, 0.15) is 11.9 Å². The van der Waals surface area contributed by atoms with E-state index in [1.54, 1.807) is 0 Å². The number of anilines is 1. The molecule has 0 saturated heterocycles. The van der Waals surface area contributed by atoms with Crippen LogP contribution in [0.3, 0.4) is 0 Å². The summed E-state index contributed by atoms with van der Waals surface area (Å²) in [5.74, 6) is 0.709. The van der Waals surface area contributed by atoms with Gasteiger partial charge in [-0.25, -0.2) is 0 Å². The molecule has 84 valence electrons. The summed E-state index contributed by atoms with van der Waals surface area (Å²) in [5, 5.41) is 0. The molecule has 0 fully saturated rings. The predicted molar refractivity (Wildman–Crippen MR) is 58.0 cm³/mol. The van der Waals surface area contributed by atoms with Crippen LogP contribution in [0.25, 0.3) is 0 Å². The van der Waals surface area contributed by atoms with E-state index < -0.39 is 0 Å². The molecular weight excluding hydrogens is 194 g/mol. The third kappa shape index (κ3) is 2.71. The highest BCUT2D eigenvalue weighted by atomic mass is 16.5. The number of nitrogen functional groups attached to an aromatic ring is 1. The van der Waals surface area contributed by atoms with Gasteiger partial charge in [0.25, 0.3) is 0 Å². The van der Waals surface area contributed by atoms with Crippen molar-refractivity contribution in [1.29, 1.82) is 0 Å². The Bertz CT molecular complexity index is 339. The Morgan fingerprint density at radius 3 is 2.47 bits per heavy atom. The van der Waals surface area contributed by atoms with Crippen LogP contribution < -0.4 is 15.2 Å². The number of nitrogens with zero attached hydrogens (tertiary/aromatic N) is 2. The summed E-state index contributed by atoms with van der Waals surface area (Å²) in [4.78, 5) is 7.86. The molecule has 2 N–H and O–H groups in total. The zero-order valence-corrected chi connectivity index (χ0v) is 9.57. The van der Waals surface area contributed by atoms with E-state index in [9.17, 15) is 0 Å². The minimum atomic E-state index is -0.298. The smallest absolute Gasteiger partial charge is 0.244 e. The molecule has 0 aliphatic heterocycles. The SMILES string of the molecule is CCC(C)(C)Oc1ncnc(OC)c1N. The summed E-state index contributed by atoms with van der Waals surface area (Å²) in [7, 11) is 1.51. The lowest BCUT2D eigenvalue weighted by Crippen LogP contribution is -2.27. The van der Waals surface area contributed by atoms with Crippen molar-refractivity contribution in [2.24, 2.45) is 0 Å². The minimum Gasteiger partial charge on any atom is -0.479 e. The lowest BCUT2D eigenvalue weighted by atomic mass is 10.1. The largest absolute Gasteiger partial charge is 0.479 e. The van der Waals surface area contributed by atoms with Crippen molar-refractivity contribution >= 4 is 5.69 Å². The van der Waals surface area contributed by atoms with Gasteiger partial charge in [-0.3, -0.25) is 0 Å². The number of methoxy groups -OCH3 is 1. The molecular formula is C10H17N3O2. The summed E-state index contributed by atoms with van der Waals surface area (Å²) < 4.78 is 10.6. The van der Waals surface area contributed by atoms with Crippen molar-refractivity contribution in [2.45, 2.75) is 32.8 Å². The first kappa shape index (κ1) is 11.6. The van der Waals surface area contributed by atoms with Gasteiger partial charge in [-0.1, -0.05) is 6.92 Å². The number of ether oxygens (including phenoxy) is 2. The van der Waals surface area contributed by atoms with Gasteiger partial charge in [0.05, 0.1) is 7.11 Å². The van der Waals surface area contributed by atoms with Crippen LogP contribution in [0.5, 0.6) is 11.8 Å². The van der Waals surface area contributed by atoms with E-state index in [0.717, 1.165) is 6.42 Å². The van der Waals surface area contributed by atoms with E-state index >= 15 is 0 Å². The molecule has 1 heterocycles. The van der Waals surface area contributed by atoms with E-state index in [-0.39, 0.29) is 5.60 Å². The van der Waals surface area contributed by atoms with Crippen LogP contribution in [0, 0.1) is 0 Å². The van der Waals surface area contributed by atoms with Gasteiger partial charge in [-0.05, 0) is 20.3 Å². The maximum Gasteiger partial charge on any atom is 0.244 e.